The third-order valence-corrected chi connectivity index (χ3v) is 6.30. The number of aromatic hydroxyl groups is 1. The van der Waals surface area contributed by atoms with Gasteiger partial charge in [-0.25, -0.2) is 9.78 Å². The first-order chi connectivity index (χ1) is 19.5. The van der Waals surface area contributed by atoms with E-state index in [0.717, 1.165) is 5.56 Å². The van der Waals surface area contributed by atoms with Crippen LogP contribution in [0.3, 0.4) is 0 Å². The minimum Gasteiger partial charge on any atom is -0.508 e. The summed E-state index contributed by atoms with van der Waals surface area (Å²) in [5.74, 6) is -3.63. The SMILES string of the molecule is CC(O)C(NC(=O)C(Cc1ccc(O)cc1)NC(=O)C(Cc1ccccc1)NC(=O)C(N)Cc1cnc[nH]1)C(=O)O. The highest BCUT2D eigenvalue weighted by atomic mass is 16.4. The number of aliphatic carboxylic acids is 1. The van der Waals surface area contributed by atoms with Crippen molar-refractivity contribution in [1.82, 2.24) is 25.9 Å². The van der Waals surface area contributed by atoms with Gasteiger partial charge in [-0.2, -0.15) is 0 Å². The van der Waals surface area contributed by atoms with Gasteiger partial charge in [-0.05, 0) is 30.2 Å². The molecule has 13 heteroatoms. The number of aliphatic hydroxyl groups excluding tert-OH is 1. The summed E-state index contributed by atoms with van der Waals surface area (Å²) >= 11 is 0. The molecule has 5 unspecified atom stereocenters. The fourth-order valence-electron chi connectivity index (χ4n) is 4.06. The fourth-order valence-corrected chi connectivity index (χ4v) is 4.06. The van der Waals surface area contributed by atoms with E-state index in [2.05, 4.69) is 25.9 Å². The largest absolute Gasteiger partial charge is 0.508 e. The summed E-state index contributed by atoms with van der Waals surface area (Å²) in [4.78, 5) is 58.1. The molecule has 0 radical (unpaired) electrons. The van der Waals surface area contributed by atoms with Crippen molar-refractivity contribution in [3.05, 3.63) is 83.9 Å². The second kappa shape index (κ2) is 14.6. The number of carboxylic acid groups (broad SMARTS) is 1. The monoisotopic (exact) mass is 566 g/mol. The molecule has 9 N–H and O–H groups in total. The number of rotatable bonds is 14. The van der Waals surface area contributed by atoms with Crippen molar-refractivity contribution in [2.24, 2.45) is 5.73 Å². The zero-order chi connectivity index (χ0) is 29.9. The van der Waals surface area contributed by atoms with Crippen LogP contribution in [0.15, 0.2) is 67.1 Å². The highest BCUT2D eigenvalue weighted by Gasteiger charge is 2.32. The van der Waals surface area contributed by atoms with Crippen LogP contribution in [0, 0.1) is 0 Å². The maximum absolute atomic E-state index is 13.6. The first-order valence-electron chi connectivity index (χ1n) is 12.9. The number of carbonyl (C=O) groups excluding carboxylic acids is 3. The van der Waals surface area contributed by atoms with E-state index in [1.54, 1.807) is 42.5 Å². The van der Waals surface area contributed by atoms with Gasteiger partial charge >= 0.3 is 5.97 Å². The van der Waals surface area contributed by atoms with Gasteiger partial charge in [0.2, 0.25) is 17.7 Å². The Morgan fingerprint density at radius 3 is 1.95 bits per heavy atom. The van der Waals surface area contributed by atoms with Gasteiger partial charge in [0.05, 0.1) is 18.5 Å². The molecule has 3 rings (SSSR count). The number of aromatic nitrogens is 2. The van der Waals surface area contributed by atoms with Crippen LogP contribution >= 0.6 is 0 Å². The average Bonchev–Trinajstić information content (AvgIpc) is 3.45. The van der Waals surface area contributed by atoms with E-state index < -0.39 is 54.0 Å². The van der Waals surface area contributed by atoms with Crippen LogP contribution in [-0.4, -0.2) is 79.2 Å². The van der Waals surface area contributed by atoms with Crippen molar-refractivity contribution in [2.45, 2.75) is 56.5 Å². The number of nitrogens with two attached hydrogens (primary N) is 1. The molecule has 0 saturated heterocycles. The maximum Gasteiger partial charge on any atom is 0.328 e. The van der Waals surface area contributed by atoms with Crippen LogP contribution in [0.4, 0.5) is 0 Å². The van der Waals surface area contributed by atoms with Crippen molar-refractivity contribution >= 4 is 23.7 Å². The minimum absolute atomic E-state index is 0.00376. The van der Waals surface area contributed by atoms with E-state index in [-0.39, 0.29) is 25.0 Å². The molecule has 0 aliphatic carbocycles. The number of hydrogen-bond donors (Lipinski definition) is 8. The lowest BCUT2D eigenvalue weighted by Crippen LogP contribution is -2.59. The summed E-state index contributed by atoms with van der Waals surface area (Å²) in [7, 11) is 0. The van der Waals surface area contributed by atoms with Crippen LogP contribution in [0.2, 0.25) is 0 Å². The molecule has 0 aliphatic rings. The standard InChI is InChI=1S/C28H34N6O7/c1-16(35)24(28(40)41)34-27(39)23(12-18-7-9-20(36)10-8-18)33-26(38)22(11-17-5-3-2-4-6-17)32-25(37)21(29)13-19-14-30-15-31-19/h2-10,14-16,21-24,35-36H,11-13,29H2,1H3,(H,30,31)(H,32,37)(H,33,38)(H,34,39)(H,40,41). The summed E-state index contributed by atoms with van der Waals surface area (Å²) in [6.07, 6.45) is 1.72. The van der Waals surface area contributed by atoms with E-state index in [0.29, 0.717) is 11.3 Å². The Morgan fingerprint density at radius 2 is 1.41 bits per heavy atom. The number of amides is 3. The Morgan fingerprint density at radius 1 is 0.854 bits per heavy atom. The zero-order valence-corrected chi connectivity index (χ0v) is 22.4. The second-order valence-electron chi connectivity index (χ2n) is 9.64. The molecule has 0 fully saturated rings. The van der Waals surface area contributed by atoms with Gasteiger partial charge in [-0.3, -0.25) is 14.4 Å². The van der Waals surface area contributed by atoms with E-state index in [1.807, 2.05) is 0 Å². The van der Waals surface area contributed by atoms with Gasteiger partial charge in [0, 0.05) is 31.2 Å². The summed E-state index contributed by atoms with van der Waals surface area (Å²) < 4.78 is 0. The lowest BCUT2D eigenvalue weighted by Gasteiger charge is -2.26. The summed E-state index contributed by atoms with van der Waals surface area (Å²) in [6, 6.07) is 9.75. The number of carbonyl (C=O) groups is 4. The van der Waals surface area contributed by atoms with Gasteiger partial charge in [0.1, 0.15) is 17.8 Å². The number of benzene rings is 2. The highest BCUT2D eigenvalue weighted by Crippen LogP contribution is 2.13. The number of H-pyrrole nitrogens is 1. The normalized spacial score (nSPS) is 14.6. The number of phenolic OH excluding ortho intramolecular Hbond substituents is 1. The van der Waals surface area contributed by atoms with Gasteiger partial charge in [0.15, 0.2) is 6.04 Å². The molecule has 2 aromatic carbocycles. The number of nitrogens with one attached hydrogen (secondary N) is 4. The molecule has 0 spiro atoms. The van der Waals surface area contributed by atoms with Crippen LogP contribution < -0.4 is 21.7 Å². The first kappa shape index (κ1) is 30.8. The molecule has 5 atom stereocenters. The smallest absolute Gasteiger partial charge is 0.328 e. The van der Waals surface area contributed by atoms with Gasteiger partial charge in [-0.1, -0.05) is 42.5 Å². The summed E-state index contributed by atoms with van der Waals surface area (Å²) in [6.45, 7) is 1.21. The molecule has 0 aliphatic heterocycles. The number of carboxylic acids is 1. The minimum atomic E-state index is -1.62. The number of imidazole rings is 1. The number of aliphatic hydroxyl groups is 1. The van der Waals surface area contributed by atoms with E-state index in [1.165, 1.54) is 31.6 Å². The van der Waals surface area contributed by atoms with E-state index in [4.69, 9.17) is 5.73 Å². The lowest BCUT2D eigenvalue weighted by atomic mass is 10.0. The van der Waals surface area contributed by atoms with Crippen LogP contribution in [-0.2, 0) is 38.4 Å². The van der Waals surface area contributed by atoms with Gasteiger partial charge in [0.25, 0.3) is 0 Å². The number of aromatic amines is 1. The zero-order valence-electron chi connectivity index (χ0n) is 22.4. The molecule has 3 amide bonds. The third-order valence-electron chi connectivity index (χ3n) is 6.30. The van der Waals surface area contributed by atoms with Crippen LogP contribution in [0.5, 0.6) is 5.75 Å². The van der Waals surface area contributed by atoms with Crippen molar-refractivity contribution in [3.8, 4) is 5.75 Å². The molecular weight excluding hydrogens is 532 g/mol. The fraction of sp³-hybridized carbons (Fsp3) is 0.321. The Kier molecular flexibility index (Phi) is 11.0. The quantitative estimate of drug-likeness (QED) is 0.125. The summed E-state index contributed by atoms with van der Waals surface area (Å²) in [5.41, 5.74) is 7.99. The Labute approximate surface area is 236 Å². The Balaban J connectivity index is 1.83. The summed E-state index contributed by atoms with van der Waals surface area (Å²) in [5, 5.41) is 36.4. The molecular formula is C28H34N6O7. The molecule has 3 aromatic rings. The van der Waals surface area contributed by atoms with E-state index >= 15 is 0 Å². The molecule has 1 heterocycles. The molecule has 1 aromatic heterocycles. The van der Waals surface area contributed by atoms with Crippen LogP contribution in [0.25, 0.3) is 0 Å². The predicted octanol–water partition coefficient (Wildman–Crippen LogP) is -0.610. The maximum atomic E-state index is 13.6. The molecule has 41 heavy (non-hydrogen) atoms. The van der Waals surface area contributed by atoms with Crippen LogP contribution in [0.1, 0.15) is 23.7 Å². The van der Waals surface area contributed by atoms with Crippen molar-refractivity contribution in [1.29, 1.82) is 0 Å². The molecule has 218 valence electrons. The first-order valence-corrected chi connectivity index (χ1v) is 12.9. The lowest BCUT2D eigenvalue weighted by molar-refractivity contribution is -0.145. The van der Waals surface area contributed by atoms with E-state index in [9.17, 15) is 34.5 Å². The van der Waals surface area contributed by atoms with Gasteiger partial charge in [-0.15, -0.1) is 0 Å². The van der Waals surface area contributed by atoms with Crippen molar-refractivity contribution in [2.75, 3.05) is 0 Å². The van der Waals surface area contributed by atoms with Gasteiger partial charge < -0.3 is 42.0 Å². The highest BCUT2D eigenvalue weighted by molar-refractivity contribution is 5.94. The predicted molar refractivity (Wildman–Crippen MR) is 147 cm³/mol. The average molecular weight is 567 g/mol. The molecule has 0 saturated carbocycles. The molecule has 13 nitrogen and oxygen atoms in total. The van der Waals surface area contributed by atoms with Crippen molar-refractivity contribution < 1.29 is 34.5 Å². The molecule has 0 bridgehead atoms. The topological polar surface area (TPSA) is 220 Å². The van der Waals surface area contributed by atoms with Crippen molar-refractivity contribution in [3.63, 3.8) is 0 Å². The number of hydrogen-bond acceptors (Lipinski definition) is 8. The Bertz CT molecular complexity index is 1300. The Hall–Kier alpha value is -4.75. The third kappa shape index (κ3) is 9.44. The number of nitrogens with zero attached hydrogens (tertiary/aromatic N) is 1. The number of phenols is 1. The second-order valence-corrected chi connectivity index (χ2v) is 9.64.